The van der Waals surface area contributed by atoms with Crippen molar-refractivity contribution in [1.82, 2.24) is 5.01 Å². The molecule has 8 nitrogen and oxygen atoms in total. The van der Waals surface area contributed by atoms with Crippen molar-refractivity contribution >= 4 is 23.4 Å². The van der Waals surface area contributed by atoms with Crippen molar-refractivity contribution in [3.05, 3.63) is 44.9 Å². The van der Waals surface area contributed by atoms with Crippen LogP contribution in [0.5, 0.6) is 0 Å². The van der Waals surface area contributed by atoms with Crippen LogP contribution in [-0.4, -0.2) is 27.7 Å². The lowest BCUT2D eigenvalue weighted by atomic mass is 10.1. The smallest absolute Gasteiger partial charge is 0.430 e. The minimum absolute atomic E-state index is 0.105. The molecule has 0 aliphatic carbocycles. The number of amides is 1. The lowest BCUT2D eigenvalue weighted by Crippen LogP contribution is -2.26. The third kappa shape index (κ3) is 3.39. The molecule has 1 unspecified atom stereocenters. The van der Waals surface area contributed by atoms with Crippen LogP contribution < -0.4 is 0 Å². The van der Waals surface area contributed by atoms with E-state index in [2.05, 4.69) is 5.29 Å². The molecule has 0 fully saturated rings. The number of nitro benzene ring substituents is 1. The van der Waals surface area contributed by atoms with Crippen LogP contribution in [0.4, 0.5) is 10.5 Å². The van der Waals surface area contributed by atoms with Crippen LogP contribution in [-0.2, 0) is 0 Å². The summed E-state index contributed by atoms with van der Waals surface area (Å²) in [6.45, 7) is -0.335. The zero-order chi connectivity index (χ0) is 13.7. The highest BCUT2D eigenvalue weighted by Gasteiger charge is 2.19. The van der Waals surface area contributed by atoms with E-state index < -0.39 is 16.4 Å². The average Bonchev–Trinajstić information content (AvgIpc) is 2.35. The van der Waals surface area contributed by atoms with Gasteiger partial charge in [-0.2, -0.15) is 5.01 Å². The number of nitroso groups, excluding NO2 is 1. The van der Waals surface area contributed by atoms with Crippen molar-refractivity contribution in [1.29, 1.82) is 0 Å². The van der Waals surface area contributed by atoms with E-state index in [1.54, 1.807) is 0 Å². The summed E-state index contributed by atoms with van der Waals surface area (Å²) in [7, 11) is 0. The topological polar surface area (TPSA) is 113 Å². The first kappa shape index (κ1) is 13.8. The first-order valence-electron chi connectivity index (χ1n) is 4.68. The van der Waals surface area contributed by atoms with Crippen molar-refractivity contribution in [3.63, 3.8) is 0 Å². The van der Waals surface area contributed by atoms with Gasteiger partial charge in [0, 0.05) is 12.1 Å². The van der Waals surface area contributed by atoms with Gasteiger partial charge in [0.1, 0.15) is 0 Å². The van der Waals surface area contributed by atoms with Gasteiger partial charge in [-0.05, 0) is 5.56 Å². The summed E-state index contributed by atoms with van der Waals surface area (Å²) in [5.74, 6) is 0. The van der Waals surface area contributed by atoms with Crippen molar-refractivity contribution in [2.24, 2.45) is 5.29 Å². The molecule has 0 spiro atoms. The van der Waals surface area contributed by atoms with E-state index >= 15 is 0 Å². The maximum absolute atomic E-state index is 10.5. The van der Waals surface area contributed by atoms with Crippen LogP contribution in [0.3, 0.4) is 0 Å². The van der Waals surface area contributed by atoms with Gasteiger partial charge in [-0.15, -0.1) is 16.5 Å². The van der Waals surface area contributed by atoms with Crippen LogP contribution >= 0.6 is 11.6 Å². The Labute approximate surface area is 106 Å². The molecule has 1 rings (SSSR count). The number of hydrogen-bond donors (Lipinski definition) is 1. The quantitative estimate of drug-likeness (QED) is 0.383. The second kappa shape index (κ2) is 5.92. The molecule has 0 aliphatic heterocycles. The molecule has 96 valence electrons. The van der Waals surface area contributed by atoms with E-state index in [0.29, 0.717) is 5.56 Å². The average molecular weight is 274 g/mol. The Morgan fingerprint density at radius 1 is 1.50 bits per heavy atom. The largest absolute Gasteiger partial charge is 0.464 e. The zero-order valence-corrected chi connectivity index (χ0v) is 9.65. The molecular weight excluding hydrogens is 266 g/mol. The molecular formula is C9H8ClN3O5. The van der Waals surface area contributed by atoms with Crippen molar-refractivity contribution in [3.8, 4) is 0 Å². The molecule has 0 aliphatic rings. The number of alkyl halides is 1. The summed E-state index contributed by atoms with van der Waals surface area (Å²) in [5.41, 5.74) is 0.350. The number of benzene rings is 1. The van der Waals surface area contributed by atoms with E-state index in [0.717, 1.165) is 0 Å². The van der Waals surface area contributed by atoms with E-state index in [4.69, 9.17) is 16.7 Å². The van der Waals surface area contributed by atoms with Gasteiger partial charge in [-0.3, -0.25) is 10.1 Å². The molecule has 18 heavy (non-hydrogen) atoms. The van der Waals surface area contributed by atoms with Gasteiger partial charge in [0.25, 0.3) is 5.69 Å². The van der Waals surface area contributed by atoms with Gasteiger partial charge >= 0.3 is 6.09 Å². The number of nitro groups is 1. The van der Waals surface area contributed by atoms with Crippen molar-refractivity contribution < 1.29 is 14.8 Å². The molecule has 1 N–H and O–H groups in total. The van der Waals surface area contributed by atoms with Crippen LogP contribution in [0.25, 0.3) is 0 Å². The van der Waals surface area contributed by atoms with Crippen molar-refractivity contribution in [2.45, 2.75) is 5.38 Å². The van der Waals surface area contributed by atoms with Crippen LogP contribution in [0.15, 0.2) is 29.6 Å². The molecule has 0 radical (unpaired) electrons. The summed E-state index contributed by atoms with van der Waals surface area (Å²) < 4.78 is 0. The molecule has 1 atom stereocenters. The summed E-state index contributed by atoms with van der Waals surface area (Å²) >= 11 is 5.88. The first-order chi connectivity index (χ1) is 8.45. The molecule has 0 saturated carbocycles. The second-order valence-electron chi connectivity index (χ2n) is 3.26. The Kier molecular flexibility index (Phi) is 4.55. The molecule has 1 amide bonds. The third-order valence-electron chi connectivity index (χ3n) is 2.12. The van der Waals surface area contributed by atoms with E-state index in [-0.39, 0.29) is 17.2 Å². The standard InChI is InChI=1S/C9H8ClN3O5/c10-8(5-12(11-16)9(14)15)6-1-3-7(4-2-6)13(17)18/h1-4,8H,5H2,(H,14,15). The Balaban J connectivity index is 2.78. The Morgan fingerprint density at radius 2 is 2.06 bits per heavy atom. The zero-order valence-electron chi connectivity index (χ0n) is 8.89. The van der Waals surface area contributed by atoms with Crippen LogP contribution in [0.1, 0.15) is 10.9 Å². The van der Waals surface area contributed by atoms with Gasteiger partial charge in [0.15, 0.2) is 0 Å². The van der Waals surface area contributed by atoms with Crippen LogP contribution in [0, 0.1) is 15.0 Å². The predicted molar refractivity (Wildman–Crippen MR) is 62.2 cm³/mol. The fourth-order valence-corrected chi connectivity index (χ4v) is 1.48. The number of carbonyl (C=O) groups is 1. The molecule has 0 bridgehead atoms. The summed E-state index contributed by atoms with van der Waals surface area (Å²) in [4.78, 5) is 30.6. The van der Waals surface area contributed by atoms with Crippen LogP contribution in [0.2, 0.25) is 0 Å². The van der Waals surface area contributed by atoms with E-state index in [1.807, 2.05) is 0 Å². The predicted octanol–water partition coefficient (Wildman–Crippen LogP) is 2.54. The van der Waals surface area contributed by atoms with Gasteiger partial charge in [0.2, 0.25) is 0 Å². The molecule has 0 aromatic heterocycles. The van der Waals surface area contributed by atoms with Gasteiger partial charge in [0.05, 0.1) is 22.1 Å². The Morgan fingerprint density at radius 3 is 2.44 bits per heavy atom. The van der Waals surface area contributed by atoms with Crippen molar-refractivity contribution in [2.75, 3.05) is 6.54 Å². The van der Waals surface area contributed by atoms with Gasteiger partial charge in [-0.1, -0.05) is 12.1 Å². The number of halogens is 1. The van der Waals surface area contributed by atoms with Gasteiger partial charge in [-0.25, -0.2) is 4.79 Å². The molecule has 0 heterocycles. The number of hydrogen-bond acceptors (Lipinski definition) is 5. The van der Waals surface area contributed by atoms with E-state index in [1.165, 1.54) is 24.3 Å². The maximum atomic E-state index is 10.5. The third-order valence-corrected chi connectivity index (χ3v) is 2.51. The summed E-state index contributed by atoms with van der Waals surface area (Å²) in [5, 5.41) is 20.7. The number of nitrogens with zero attached hydrogens (tertiary/aromatic N) is 3. The minimum Gasteiger partial charge on any atom is -0.464 e. The number of rotatable bonds is 5. The summed E-state index contributed by atoms with van der Waals surface area (Å²) in [6.07, 6.45) is -1.52. The highest BCUT2D eigenvalue weighted by Crippen LogP contribution is 2.24. The van der Waals surface area contributed by atoms with Gasteiger partial charge < -0.3 is 5.11 Å². The molecule has 1 aromatic rings. The molecule has 1 aromatic carbocycles. The normalized spacial score (nSPS) is 11.6. The molecule has 0 saturated heterocycles. The first-order valence-corrected chi connectivity index (χ1v) is 5.11. The highest BCUT2D eigenvalue weighted by atomic mass is 35.5. The SMILES string of the molecule is O=NN(CC(Cl)c1ccc([N+](=O)[O-])cc1)C(=O)O. The fraction of sp³-hybridized carbons (Fsp3) is 0.222. The lowest BCUT2D eigenvalue weighted by Gasteiger charge is -2.14. The number of non-ortho nitro benzene ring substituents is 1. The minimum atomic E-state index is -1.52. The molecule has 9 heteroatoms. The highest BCUT2D eigenvalue weighted by molar-refractivity contribution is 6.21. The van der Waals surface area contributed by atoms with E-state index in [9.17, 15) is 19.8 Å². The Bertz CT molecular complexity index is 464. The maximum Gasteiger partial charge on any atom is 0.430 e. The number of carboxylic acid groups (broad SMARTS) is 1. The monoisotopic (exact) mass is 273 g/mol. The Hall–Kier alpha value is -2.22. The fourth-order valence-electron chi connectivity index (χ4n) is 1.21. The summed E-state index contributed by atoms with van der Waals surface area (Å²) in [6, 6.07) is 5.26. The lowest BCUT2D eigenvalue weighted by molar-refractivity contribution is -0.384. The second-order valence-corrected chi connectivity index (χ2v) is 3.79.